The first kappa shape index (κ1) is 20.2. The molecule has 5 heteroatoms. The van der Waals surface area contributed by atoms with E-state index in [-0.39, 0.29) is 29.5 Å². The molecule has 1 rings (SSSR count). The van der Waals surface area contributed by atoms with E-state index in [0.717, 1.165) is 26.0 Å². The van der Waals surface area contributed by atoms with Gasteiger partial charge in [0.05, 0.1) is 6.61 Å². The van der Waals surface area contributed by atoms with Crippen LogP contribution in [0.25, 0.3) is 0 Å². The number of halogens is 1. The Morgan fingerprint density at radius 3 is 2.48 bits per heavy atom. The highest BCUT2D eigenvalue weighted by atomic mass is 127. The van der Waals surface area contributed by atoms with Gasteiger partial charge in [-0.25, -0.2) is 0 Å². The highest BCUT2D eigenvalue weighted by molar-refractivity contribution is 14.0. The predicted molar refractivity (Wildman–Crippen MR) is 100 cm³/mol. The van der Waals surface area contributed by atoms with Crippen molar-refractivity contribution in [1.82, 2.24) is 5.32 Å². The molecule has 3 N–H and O–H groups in total. The molecule has 1 aromatic carbocycles. The summed E-state index contributed by atoms with van der Waals surface area (Å²) in [6.07, 6.45) is 1.99. The van der Waals surface area contributed by atoms with Gasteiger partial charge in [0.15, 0.2) is 5.96 Å². The number of aliphatic imine (C=N–C) groups is 1. The summed E-state index contributed by atoms with van der Waals surface area (Å²) in [5, 5.41) is 3.14. The fraction of sp³-hybridized carbons (Fsp3) is 0.562. The molecule has 0 aliphatic heterocycles. The van der Waals surface area contributed by atoms with Crippen molar-refractivity contribution in [2.75, 3.05) is 13.2 Å². The van der Waals surface area contributed by atoms with Crippen LogP contribution in [-0.2, 0) is 11.3 Å². The Bertz CT molecular complexity index is 402. The zero-order valence-electron chi connectivity index (χ0n) is 13.3. The molecule has 0 saturated carbocycles. The lowest BCUT2D eigenvalue weighted by Crippen LogP contribution is -2.45. The average Bonchev–Trinajstić information content (AvgIpc) is 2.37. The van der Waals surface area contributed by atoms with E-state index >= 15 is 0 Å². The van der Waals surface area contributed by atoms with Gasteiger partial charge in [0.1, 0.15) is 0 Å². The molecular formula is C16H28IN3O. The van der Waals surface area contributed by atoms with Gasteiger partial charge in [-0.15, -0.1) is 24.0 Å². The fourth-order valence-electron chi connectivity index (χ4n) is 1.70. The summed E-state index contributed by atoms with van der Waals surface area (Å²) >= 11 is 0. The summed E-state index contributed by atoms with van der Waals surface area (Å²) in [5.41, 5.74) is 6.96. The minimum absolute atomic E-state index is 0. The third kappa shape index (κ3) is 11.5. The topological polar surface area (TPSA) is 59.6 Å². The van der Waals surface area contributed by atoms with Crippen molar-refractivity contribution in [2.24, 2.45) is 10.7 Å². The van der Waals surface area contributed by atoms with Gasteiger partial charge in [0.2, 0.25) is 0 Å². The number of nitrogens with one attached hydrogen (secondary N) is 1. The summed E-state index contributed by atoms with van der Waals surface area (Å²) in [4.78, 5) is 4.29. The van der Waals surface area contributed by atoms with Crippen LogP contribution in [0.4, 0.5) is 0 Å². The normalized spacial score (nSPS) is 11.9. The minimum Gasteiger partial charge on any atom is -0.377 e. The maximum absolute atomic E-state index is 5.78. The van der Waals surface area contributed by atoms with Gasteiger partial charge >= 0.3 is 0 Å². The SMILES string of the molecule is CC(C)(C)NC(N)=NCCCCOCc1ccccc1.I. The van der Waals surface area contributed by atoms with Gasteiger partial charge in [-0.3, -0.25) is 4.99 Å². The molecule has 21 heavy (non-hydrogen) atoms. The zero-order chi connectivity index (χ0) is 14.8. The standard InChI is InChI=1S/C16H27N3O.HI/c1-16(2,3)19-15(17)18-11-7-8-12-20-13-14-9-5-4-6-10-14;/h4-6,9-10H,7-8,11-13H2,1-3H3,(H3,17,18,19);1H. The van der Waals surface area contributed by atoms with Gasteiger partial charge < -0.3 is 15.8 Å². The lowest BCUT2D eigenvalue weighted by atomic mass is 10.1. The Hall–Kier alpha value is -0.820. The first-order chi connectivity index (χ1) is 9.47. The molecule has 0 radical (unpaired) electrons. The molecular weight excluding hydrogens is 377 g/mol. The Labute approximate surface area is 145 Å². The molecule has 120 valence electrons. The van der Waals surface area contributed by atoms with Gasteiger partial charge in [0, 0.05) is 18.7 Å². The molecule has 0 aliphatic rings. The minimum atomic E-state index is -0.0353. The molecule has 0 spiro atoms. The lowest BCUT2D eigenvalue weighted by molar-refractivity contribution is 0.117. The first-order valence-corrected chi connectivity index (χ1v) is 7.17. The number of hydrogen-bond donors (Lipinski definition) is 2. The van der Waals surface area contributed by atoms with Crippen LogP contribution in [0.15, 0.2) is 35.3 Å². The van der Waals surface area contributed by atoms with Crippen LogP contribution in [0.3, 0.4) is 0 Å². The third-order valence-corrected chi connectivity index (χ3v) is 2.59. The first-order valence-electron chi connectivity index (χ1n) is 7.17. The molecule has 0 aliphatic carbocycles. The van der Waals surface area contributed by atoms with Crippen molar-refractivity contribution < 1.29 is 4.74 Å². The molecule has 0 saturated heterocycles. The van der Waals surface area contributed by atoms with E-state index in [9.17, 15) is 0 Å². The Balaban J connectivity index is 0.00000400. The number of nitrogens with zero attached hydrogens (tertiary/aromatic N) is 1. The maximum Gasteiger partial charge on any atom is 0.188 e. The second-order valence-corrected chi connectivity index (χ2v) is 5.89. The number of benzene rings is 1. The van der Waals surface area contributed by atoms with E-state index in [4.69, 9.17) is 10.5 Å². The van der Waals surface area contributed by atoms with Crippen molar-refractivity contribution in [3.63, 3.8) is 0 Å². The van der Waals surface area contributed by atoms with Crippen molar-refractivity contribution in [3.8, 4) is 0 Å². The van der Waals surface area contributed by atoms with Crippen LogP contribution >= 0.6 is 24.0 Å². The molecule has 0 bridgehead atoms. The third-order valence-electron chi connectivity index (χ3n) is 2.59. The summed E-state index contributed by atoms with van der Waals surface area (Å²) in [6, 6.07) is 10.2. The van der Waals surface area contributed by atoms with Gasteiger partial charge in [-0.2, -0.15) is 0 Å². The van der Waals surface area contributed by atoms with Crippen LogP contribution in [0, 0.1) is 0 Å². The molecule has 0 amide bonds. The van der Waals surface area contributed by atoms with Crippen LogP contribution < -0.4 is 11.1 Å². The van der Waals surface area contributed by atoms with E-state index in [1.807, 2.05) is 18.2 Å². The number of ether oxygens (including phenoxy) is 1. The van der Waals surface area contributed by atoms with Crippen LogP contribution in [0.1, 0.15) is 39.2 Å². The maximum atomic E-state index is 5.78. The Morgan fingerprint density at radius 2 is 1.86 bits per heavy atom. The number of rotatable bonds is 7. The molecule has 1 aromatic rings. The van der Waals surface area contributed by atoms with E-state index in [1.54, 1.807) is 0 Å². The zero-order valence-corrected chi connectivity index (χ0v) is 15.6. The van der Waals surface area contributed by atoms with E-state index in [1.165, 1.54) is 5.56 Å². The lowest BCUT2D eigenvalue weighted by Gasteiger charge is -2.20. The van der Waals surface area contributed by atoms with Crippen molar-refractivity contribution in [2.45, 2.75) is 45.8 Å². The van der Waals surface area contributed by atoms with Crippen LogP contribution in [0.5, 0.6) is 0 Å². The molecule has 0 atom stereocenters. The molecule has 0 unspecified atom stereocenters. The van der Waals surface area contributed by atoms with E-state index < -0.39 is 0 Å². The highest BCUT2D eigenvalue weighted by Gasteiger charge is 2.09. The van der Waals surface area contributed by atoms with Crippen LogP contribution in [-0.4, -0.2) is 24.7 Å². The van der Waals surface area contributed by atoms with Crippen LogP contribution in [0.2, 0.25) is 0 Å². The second-order valence-electron chi connectivity index (χ2n) is 5.89. The Kier molecular flexibility index (Phi) is 10.4. The van der Waals surface area contributed by atoms with E-state index in [2.05, 4.69) is 43.2 Å². The molecule has 0 fully saturated rings. The smallest absolute Gasteiger partial charge is 0.188 e. The van der Waals surface area contributed by atoms with Crippen molar-refractivity contribution in [3.05, 3.63) is 35.9 Å². The summed E-state index contributed by atoms with van der Waals surface area (Å²) < 4.78 is 5.61. The van der Waals surface area contributed by atoms with Crippen molar-refractivity contribution >= 4 is 29.9 Å². The fourth-order valence-corrected chi connectivity index (χ4v) is 1.70. The molecule has 4 nitrogen and oxygen atoms in total. The molecule has 0 heterocycles. The summed E-state index contributed by atoms with van der Waals surface area (Å²) in [7, 11) is 0. The monoisotopic (exact) mass is 405 g/mol. The number of hydrogen-bond acceptors (Lipinski definition) is 2. The number of guanidine groups is 1. The highest BCUT2D eigenvalue weighted by Crippen LogP contribution is 2.02. The quantitative estimate of drug-likeness (QED) is 0.317. The second kappa shape index (κ2) is 10.8. The number of nitrogens with two attached hydrogens (primary N) is 1. The average molecular weight is 405 g/mol. The van der Waals surface area contributed by atoms with E-state index in [0.29, 0.717) is 12.6 Å². The number of unbranched alkanes of at least 4 members (excludes halogenated alkanes) is 1. The summed E-state index contributed by atoms with van der Waals surface area (Å²) in [5.74, 6) is 0.516. The summed E-state index contributed by atoms with van der Waals surface area (Å²) in [6.45, 7) is 8.37. The largest absolute Gasteiger partial charge is 0.377 e. The predicted octanol–water partition coefficient (Wildman–Crippen LogP) is 3.30. The van der Waals surface area contributed by atoms with Gasteiger partial charge in [-0.1, -0.05) is 30.3 Å². The molecule has 0 aromatic heterocycles. The van der Waals surface area contributed by atoms with Gasteiger partial charge in [-0.05, 0) is 39.2 Å². The van der Waals surface area contributed by atoms with Crippen molar-refractivity contribution in [1.29, 1.82) is 0 Å². The van der Waals surface area contributed by atoms with Gasteiger partial charge in [0.25, 0.3) is 0 Å². The Morgan fingerprint density at radius 1 is 1.19 bits per heavy atom.